The van der Waals surface area contributed by atoms with Crippen molar-refractivity contribution >= 4 is 33.1 Å². The molecule has 0 bridgehead atoms. The Kier molecular flexibility index (Phi) is 3.61. The van der Waals surface area contributed by atoms with Crippen molar-refractivity contribution in [1.82, 2.24) is 4.98 Å². The third-order valence-corrected chi connectivity index (χ3v) is 4.31. The van der Waals surface area contributed by atoms with E-state index in [-0.39, 0.29) is 0 Å². The number of anilines is 1. The van der Waals surface area contributed by atoms with Crippen LogP contribution in [0.1, 0.15) is 15.3 Å². The van der Waals surface area contributed by atoms with Gasteiger partial charge >= 0.3 is 0 Å². The van der Waals surface area contributed by atoms with Gasteiger partial charge in [-0.3, -0.25) is 0 Å². The van der Waals surface area contributed by atoms with E-state index in [4.69, 9.17) is 0 Å². The minimum Gasteiger partial charge on any atom is -0.364 e. The van der Waals surface area contributed by atoms with E-state index in [1.165, 1.54) is 15.3 Å². The normalized spacial score (nSPS) is 10.4. The zero-order valence-electron chi connectivity index (χ0n) is 9.25. The Morgan fingerprint density at radius 2 is 2.12 bits per heavy atom. The first-order chi connectivity index (χ1) is 7.66. The van der Waals surface area contributed by atoms with E-state index < -0.39 is 0 Å². The van der Waals surface area contributed by atoms with Crippen LogP contribution in [0.5, 0.6) is 0 Å². The highest BCUT2D eigenvalue weighted by Gasteiger charge is 2.04. The van der Waals surface area contributed by atoms with E-state index in [0.717, 1.165) is 16.8 Å². The molecule has 4 heteroatoms. The topological polar surface area (TPSA) is 24.9 Å². The number of hydrogen-bond acceptors (Lipinski definition) is 3. The number of nitrogens with zero attached hydrogens (tertiary/aromatic N) is 1. The van der Waals surface area contributed by atoms with Gasteiger partial charge in [-0.25, -0.2) is 4.98 Å². The molecule has 16 heavy (non-hydrogen) atoms. The average Bonchev–Trinajstić information content (AvgIpc) is 2.67. The molecule has 2 heterocycles. The van der Waals surface area contributed by atoms with Crippen molar-refractivity contribution in [2.75, 3.05) is 5.32 Å². The summed E-state index contributed by atoms with van der Waals surface area (Å²) in [5, 5.41) is 3.34. The van der Waals surface area contributed by atoms with Gasteiger partial charge in [0.25, 0.3) is 0 Å². The zero-order chi connectivity index (χ0) is 11.5. The van der Waals surface area contributed by atoms with Crippen molar-refractivity contribution < 1.29 is 0 Å². The summed E-state index contributed by atoms with van der Waals surface area (Å²) in [6.07, 6.45) is 1.82. The van der Waals surface area contributed by atoms with Gasteiger partial charge in [0.05, 0.1) is 11.0 Å². The molecule has 0 aliphatic rings. The Hall–Kier alpha value is -0.870. The van der Waals surface area contributed by atoms with Crippen LogP contribution in [0.3, 0.4) is 0 Å². The van der Waals surface area contributed by atoms with Crippen LogP contribution in [0.25, 0.3) is 0 Å². The Bertz CT molecular complexity index is 494. The maximum atomic E-state index is 4.31. The molecule has 0 aromatic carbocycles. The number of rotatable bonds is 3. The molecule has 0 aliphatic carbocycles. The molecular weight excluding hydrogens is 284 g/mol. The molecule has 0 spiro atoms. The Balaban J connectivity index is 2.07. The summed E-state index contributed by atoms with van der Waals surface area (Å²) in [4.78, 5) is 6.98. The van der Waals surface area contributed by atoms with Gasteiger partial charge in [-0.1, -0.05) is 0 Å². The lowest BCUT2D eigenvalue weighted by atomic mass is 10.3. The SMILES string of the molecule is Cc1ccc(CNc2nccc(C)c2Br)s1. The summed E-state index contributed by atoms with van der Waals surface area (Å²) >= 11 is 5.35. The van der Waals surface area contributed by atoms with Gasteiger partial charge in [0.15, 0.2) is 0 Å². The van der Waals surface area contributed by atoms with Gasteiger partial charge < -0.3 is 5.32 Å². The van der Waals surface area contributed by atoms with E-state index >= 15 is 0 Å². The molecule has 2 nitrogen and oxygen atoms in total. The van der Waals surface area contributed by atoms with Crippen LogP contribution in [0.15, 0.2) is 28.9 Å². The second kappa shape index (κ2) is 4.97. The molecule has 0 radical (unpaired) electrons. The maximum absolute atomic E-state index is 4.31. The van der Waals surface area contributed by atoms with Gasteiger partial charge in [0, 0.05) is 16.0 Å². The molecular formula is C12H13BrN2S. The Morgan fingerprint density at radius 3 is 2.81 bits per heavy atom. The number of hydrogen-bond donors (Lipinski definition) is 1. The zero-order valence-corrected chi connectivity index (χ0v) is 11.7. The summed E-state index contributed by atoms with van der Waals surface area (Å²) in [5.41, 5.74) is 1.19. The first-order valence-electron chi connectivity index (χ1n) is 5.07. The summed E-state index contributed by atoms with van der Waals surface area (Å²) in [5.74, 6) is 0.908. The predicted octanol–water partition coefficient (Wildman–Crippen LogP) is 4.13. The fourth-order valence-corrected chi connectivity index (χ4v) is 2.62. The lowest BCUT2D eigenvalue weighted by Gasteiger charge is -2.07. The van der Waals surface area contributed by atoms with Crippen LogP contribution in [-0.4, -0.2) is 4.98 Å². The minimum absolute atomic E-state index is 0.827. The van der Waals surface area contributed by atoms with Crippen LogP contribution in [-0.2, 0) is 6.54 Å². The predicted molar refractivity (Wildman–Crippen MR) is 73.1 cm³/mol. The van der Waals surface area contributed by atoms with Crippen LogP contribution in [0.2, 0.25) is 0 Å². The molecule has 1 N–H and O–H groups in total. The lowest BCUT2D eigenvalue weighted by molar-refractivity contribution is 1.12. The Morgan fingerprint density at radius 1 is 1.31 bits per heavy atom. The number of aromatic nitrogens is 1. The smallest absolute Gasteiger partial charge is 0.140 e. The van der Waals surface area contributed by atoms with Crippen molar-refractivity contribution in [3.8, 4) is 0 Å². The lowest BCUT2D eigenvalue weighted by Crippen LogP contribution is -2.01. The fourth-order valence-electron chi connectivity index (χ4n) is 1.41. The molecule has 2 aromatic heterocycles. The highest BCUT2D eigenvalue weighted by Crippen LogP contribution is 2.24. The molecule has 0 unspecified atom stereocenters. The number of aryl methyl sites for hydroxylation is 2. The quantitative estimate of drug-likeness (QED) is 0.921. The third-order valence-electron chi connectivity index (χ3n) is 2.31. The van der Waals surface area contributed by atoms with Crippen molar-refractivity contribution in [2.24, 2.45) is 0 Å². The summed E-state index contributed by atoms with van der Waals surface area (Å²) < 4.78 is 1.04. The third kappa shape index (κ3) is 2.62. The van der Waals surface area contributed by atoms with E-state index in [1.54, 1.807) is 0 Å². The standard InChI is InChI=1S/C12H13BrN2S/c1-8-5-6-14-12(11(8)13)15-7-10-4-3-9(2)16-10/h3-6H,7H2,1-2H3,(H,14,15). The van der Waals surface area contributed by atoms with Crippen LogP contribution < -0.4 is 5.32 Å². The fraction of sp³-hybridized carbons (Fsp3) is 0.250. The first-order valence-corrected chi connectivity index (χ1v) is 6.68. The summed E-state index contributed by atoms with van der Waals surface area (Å²) in [7, 11) is 0. The number of thiophene rings is 1. The van der Waals surface area contributed by atoms with Crippen molar-refractivity contribution in [1.29, 1.82) is 0 Å². The van der Waals surface area contributed by atoms with Crippen LogP contribution >= 0.6 is 27.3 Å². The van der Waals surface area contributed by atoms with Gasteiger partial charge in [0.2, 0.25) is 0 Å². The second-order valence-electron chi connectivity index (χ2n) is 3.66. The monoisotopic (exact) mass is 296 g/mol. The average molecular weight is 297 g/mol. The first kappa shape index (κ1) is 11.6. The number of pyridine rings is 1. The molecule has 84 valence electrons. The molecule has 0 saturated carbocycles. The molecule has 0 amide bonds. The molecule has 0 saturated heterocycles. The van der Waals surface area contributed by atoms with Gasteiger partial charge in [-0.15, -0.1) is 11.3 Å². The van der Waals surface area contributed by atoms with Crippen molar-refractivity contribution in [2.45, 2.75) is 20.4 Å². The maximum Gasteiger partial charge on any atom is 0.140 e. The molecule has 0 aliphatic heterocycles. The van der Waals surface area contributed by atoms with E-state index in [1.807, 2.05) is 23.6 Å². The van der Waals surface area contributed by atoms with Gasteiger partial charge in [-0.2, -0.15) is 0 Å². The minimum atomic E-state index is 0.827. The van der Waals surface area contributed by atoms with E-state index in [9.17, 15) is 0 Å². The number of nitrogens with one attached hydrogen (secondary N) is 1. The largest absolute Gasteiger partial charge is 0.364 e. The summed E-state index contributed by atoms with van der Waals surface area (Å²) in [6, 6.07) is 6.28. The van der Waals surface area contributed by atoms with E-state index in [0.29, 0.717) is 0 Å². The number of halogens is 1. The van der Waals surface area contributed by atoms with E-state index in [2.05, 4.69) is 52.2 Å². The van der Waals surface area contributed by atoms with Crippen molar-refractivity contribution in [3.05, 3.63) is 44.2 Å². The molecule has 2 aromatic rings. The molecule has 2 rings (SSSR count). The molecule has 0 fully saturated rings. The van der Waals surface area contributed by atoms with Crippen LogP contribution in [0, 0.1) is 13.8 Å². The second-order valence-corrected chi connectivity index (χ2v) is 5.82. The highest BCUT2D eigenvalue weighted by molar-refractivity contribution is 9.10. The highest BCUT2D eigenvalue weighted by atomic mass is 79.9. The van der Waals surface area contributed by atoms with Gasteiger partial charge in [0.1, 0.15) is 5.82 Å². The molecule has 0 atom stereocenters. The van der Waals surface area contributed by atoms with Crippen LogP contribution in [0.4, 0.5) is 5.82 Å². The summed E-state index contributed by atoms with van der Waals surface area (Å²) in [6.45, 7) is 5.01. The van der Waals surface area contributed by atoms with Crippen molar-refractivity contribution in [3.63, 3.8) is 0 Å². The Labute approximate surface area is 108 Å². The van der Waals surface area contributed by atoms with Gasteiger partial charge in [-0.05, 0) is 53.5 Å².